The minimum atomic E-state index is 0.891. The van der Waals surface area contributed by atoms with E-state index in [0.29, 0.717) is 0 Å². The van der Waals surface area contributed by atoms with Gasteiger partial charge in [0.2, 0.25) is 0 Å². The van der Waals surface area contributed by atoms with Crippen molar-refractivity contribution in [3.63, 3.8) is 0 Å². The van der Waals surface area contributed by atoms with Gasteiger partial charge in [0.1, 0.15) is 0 Å². The van der Waals surface area contributed by atoms with E-state index >= 15 is 0 Å². The number of hydrogen-bond donors (Lipinski definition) is 0. The number of aromatic nitrogens is 2. The molecule has 0 bridgehead atoms. The number of rotatable bonds is 2. The first-order chi connectivity index (χ1) is 10.8. The number of aryl methyl sites for hydroxylation is 1. The highest BCUT2D eigenvalue weighted by Crippen LogP contribution is 2.20. The summed E-state index contributed by atoms with van der Waals surface area (Å²) in [5, 5.41) is 2.39. The van der Waals surface area contributed by atoms with E-state index in [1.807, 2.05) is 18.5 Å². The van der Waals surface area contributed by atoms with Crippen LogP contribution in [0.2, 0.25) is 0 Å². The van der Waals surface area contributed by atoms with Gasteiger partial charge in [0.05, 0.1) is 11.0 Å². The lowest BCUT2D eigenvalue weighted by Gasteiger charge is -2.06. The Labute approximate surface area is 129 Å². The Morgan fingerprint density at radius 1 is 0.818 bits per heavy atom. The van der Waals surface area contributed by atoms with Crippen LogP contribution in [0.5, 0.6) is 0 Å². The fraction of sp³-hybridized carbons (Fsp3) is 0.100. The molecule has 0 unspecified atom stereocenters. The van der Waals surface area contributed by atoms with Gasteiger partial charge in [0.15, 0.2) is 0 Å². The van der Waals surface area contributed by atoms with E-state index in [9.17, 15) is 0 Å². The molecule has 0 spiro atoms. The maximum atomic E-state index is 4.63. The number of para-hydroxylation sites is 1. The van der Waals surface area contributed by atoms with E-state index < -0.39 is 0 Å². The Bertz CT molecular complexity index is 973. The zero-order valence-electron chi connectivity index (χ0n) is 12.5. The van der Waals surface area contributed by atoms with E-state index in [0.717, 1.165) is 17.5 Å². The van der Waals surface area contributed by atoms with Crippen LogP contribution in [-0.4, -0.2) is 9.97 Å². The Morgan fingerprint density at radius 3 is 2.64 bits per heavy atom. The Hall–Kier alpha value is -2.74. The fourth-order valence-electron chi connectivity index (χ4n) is 2.93. The van der Waals surface area contributed by atoms with Gasteiger partial charge in [-0.15, -0.1) is 0 Å². The third-order valence-corrected chi connectivity index (χ3v) is 4.04. The molecule has 0 amide bonds. The topological polar surface area (TPSA) is 25.8 Å². The van der Waals surface area contributed by atoms with Crippen molar-refractivity contribution in [2.45, 2.75) is 13.3 Å². The summed E-state index contributed by atoms with van der Waals surface area (Å²) in [5.41, 5.74) is 5.88. The fourth-order valence-corrected chi connectivity index (χ4v) is 2.93. The average molecular weight is 284 g/mol. The molecular weight excluding hydrogens is 268 g/mol. The first-order valence-corrected chi connectivity index (χ1v) is 7.47. The summed E-state index contributed by atoms with van der Waals surface area (Å²) in [6.07, 6.45) is 4.71. The van der Waals surface area contributed by atoms with Crippen molar-refractivity contribution >= 4 is 21.8 Å². The van der Waals surface area contributed by atoms with Crippen molar-refractivity contribution in [1.29, 1.82) is 0 Å². The number of hydrogen-bond acceptors (Lipinski definition) is 2. The van der Waals surface area contributed by atoms with Gasteiger partial charge in [-0.1, -0.05) is 30.3 Å². The lowest BCUT2D eigenvalue weighted by Crippen LogP contribution is -1.92. The minimum absolute atomic E-state index is 0.891. The molecule has 2 heteroatoms. The van der Waals surface area contributed by atoms with Crippen LogP contribution in [-0.2, 0) is 6.42 Å². The molecule has 0 aliphatic rings. The summed E-state index contributed by atoms with van der Waals surface area (Å²) < 4.78 is 0. The first-order valence-electron chi connectivity index (χ1n) is 7.47. The van der Waals surface area contributed by atoms with Crippen molar-refractivity contribution in [3.05, 3.63) is 83.7 Å². The lowest BCUT2D eigenvalue weighted by atomic mass is 10.0. The second kappa shape index (κ2) is 5.23. The Morgan fingerprint density at radius 2 is 1.68 bits per heavy atom. The molecule has 2 aromatic heterocycles. The van der Waals surface area contributed by atoms with Crippen molar-refractivity contribution in [2.24, 2.45) is 0 Å². The molecule has 0 radical (unpaired) electrons. The largest absolute Gasteiger partial charge is 0.256 e. The SMILES string of the molecule is Cc1cccc2cc(Cc3ccc4ncccc4c3)cnc12. The molecule has 0 aliphatic heterocycles. The van der Waals surface area contributed by atoms with Gasteiger partial charge in [-0.25, -0.2) is 0 Å². The van der Waals surface area contributed by atoms with E-state index in [1.165, 1.54) is 27.5 Å². The average Bonchev–Trinajstić information content (AvgIpc) is 2.55. The van der Waals surface area contributed by atoms with Gasteiger partial charge < -0.3 is 0 Å². The van der Waals surface area contributed by atoms with Crippen LogP contribution in [0.4, 0.5) is 0 Å². The van der Waals surface area contributed by atoms with Gasteiger partial charge in [0, 0.05) is 23.2 Å². The van der Waals surface area contributed by atoms with E-state index in [1.54, 1.807) is 0 Å². The summed E-state index contributed by atoms with van der Waals surface area (Å²) in [5.74, 6) is 0. The van der Waals surface area contributed by atoms with Crippen LogP contribution in [0, 0.1) is 6.92 Å². The van der Waals surface area contributed by atoms with Gasteiger partial charge in [-0.05, 0) is 54.3 Å². The zero-order valence-corrected chi connectivity index (χ0v) is 12.5. The number of nitrogens with zero attached hydrogens (tertiary/aromatic N) is 2. The van der Waals surface area contributed by atoms with Gasteiger partial charge in [-0.2, -0.15) is 0 Å². The maximum Gasteiger partial charge on any atom is 0.0731 e. The van der Waals surface area contributed by atoms with E-state index in [2.05, 4.69) is 65.4 Å². The summed E-state index contributed by atoms with van der Waals surface area (Å²) in [7, 11) is 0. The molecule has 0 saturated heterocycles. The molecule has 2 heterocycles. The van der Waals surface area contributed by atoms with Crippen LogP contribution in [0.3, 0.4) is 0 Å². The highest BCUT2D eigenvalue weighted by Gasteiger charge is 2.03. The lowest BCUT2D eigenvalue weighted by molar-refractivity contribution is 1.17. The molecule has 22 heavy (non-hydrogen) atoms. The molecule has 4 rings (SSSR count). The summed E-state index contributed by atoms with van der Waals surface area (Å²) in [4.78, 5) is 8.99. The molecule has 0 atom stereocenters. The molecule has 0 N–H and O–H groups in total. The number of fused-ring (bicyclic) bond motifs is 2. The van der Waals surface area contributed by atoms with Gasteiger partial charge >= 0.3 is 0 Å². The normalized spacial score (nSPS) is 11.1. The molecule has 2 aromatic carbocycles. The molecule has 2 nitrogen and oxygen atoms in total. The van der Waals surface area contributed by atoms with Crippen LogP contribution in [0.15, 0.2) is 67.0 Å². The van der Waals surface area contributed by atoms with Crippen molar-refractivity contribution in [2.75, 3.05) is 0 Å². The molecular formula is C20H16N2. The second-order valence-corrected chi connectivity index (χ2v) is 5.70. The summed E-state index contributed by atoms with van der Waals surface area (Å²) in [6.45, 7) is 2.10. The van der Waals surface area contributed by atoms with Gasteiger partial charge in [-0.3, -0.25) is 9.97 Å². The highest BCUT2D eigenvalue weighted by molar-refractivity contribution is 5.82. The number of benzene rings is 2. The van der Waals surface area contributed by atoms with Crippen LogP contribution >= 0.6 is 0 Å². The first kappa shape index (κ1) is 13.0. The second-order valence-electron chi connectivity index (χ2n) is 5.70. The quantitative estimate of drug-likeness (QED) is 0.534. The monoisotopic (exact) mass is 284 g/mol. The van der Waals surface area contributed by atoms with Crippen molar-refractivity contribution < 1.29 is 0 Å². The van der Waals surface area contributed by atoms with E-state index in [4.69, 9.17) is 0 Å². The van der Waals surface area contributed by atoms with Crippen molar-refractivity contribution in [3.8, 4) is 0 Å². The third kappa shape index (κ3) is 2.33. The third-order valence-electron chi connectivity index (χ3n) is 4.04. The molecule has 4 aromatic rings. The van der Waals surface area contributed by atoms with E-state index in [-0.39, 0.29) is 0 Å². The van der Waals surface area contributed by atoms with Crippen molar-refractivity contribution in [1.82, 2.24) is 9.97 Å². The molecule has 106 valence electrons. The smallest absolute Gasteiger partial charge is 0.0731 e. The standard InChI is InChI=1S/C20H16N2/c1-14-4-2-5-18-12-16(13-22-20(14)18)10-15-7-8-19-17(11-15)6-3-9-21-19/h2-9,11-13H,10H2,1H3. The van der Waals surface area contributed by atoms with Crippen LogP contribution in [0.25, 0.3) is 21.8 Å². The Balaban J connectivity index is 1.72. The van der Waals surface area contributed by atoms with Crippen LogP contribution < -0.4 is 0 Å². The van der Waals surface area contributed by atoms with Crippen LogP contribution in [0.1, 0.15) is 16.7 Å². The molecule has 0 aliphatic carbocycles. The minimum Gasteiger partial charge on any atom is -0.256 e. The predicted octanol–water partition coefficient (Wildman–Crippen LogP) is 4.68. The summed E-state index contributed by atoms with van der Waals surface area (Å²) in [6, 6.07) is 19.1. The molecule has 0 fully saturated rings. The van der Waals surface area contributed by atoms with Gasteiger partial charge in [0.25, 0.3) is 0 Å². The summed E-state index contributed by atoms with van der Waals surface area (Å²) >= 11 is 0. The maximum absolute atomic E-state index is 4.63. The number of pyridine rings is 2. The highest BCUT2D eigenvalue weighted by atomic mass is 14.7. The zero-order chi connectivity index (χ0) is 14.9. The molecule has 0 saturated carbocycles. The predicted molar refractivity (Wildman–Crippen MR) is 91.0 cm³/mol. The Kier molecular flexibility index (Phi) is 3.08.